The van der Waals surface area contributed by atoms with E-state index in [0.717, 1.165) is 18.4 Å². The second-order valence-corrected chi connectivity index (χ2v) is 6.01. The van der Waals surface area contributed by atoms with Gasteiger partial charge < -0.3 is 9.47 Å². The van der Waals surface area contributed by atoms with E-state index >= 15 is 0 Å². The number of amides is 1. The molecule has 0 aliphatic carbocycles. The number of benzene rings is 1. The van der Waals surface area contributed by atoms with Crippen LogP contribution in [0.15, 0.2) is 30.3 Å². The molecule has 2 rings (SSSR count). The molecule has 1 aliphatic rings. The highest BCUT2D eigenvalue weighted by molar-refractivity contribution is 5.72. The van der Waals surface area contributed by atoms with E-state index in [4.69, 9.17) is 9.47 Å². The summed E-state index contributed by atoms with van der Waals surface area (Å²) in [6.45, 7) is 6.64. The summed E-state index contributed by atoms with van der Waals surface area (Å²) >= 11 is 0. The zero-order valence-corrected chi connectivity index (χ0v) is 13.4. The van der Waals surface area contributed by atoms with Gasteiger partial charge in [-0.3, -0.25) is 4.90 Å². The lowest BCUT2D eigenvalue weighted by Crippen LogP contribution is -2.57. The van der Waals surface area contributed by atoms with Gasteiger partial charge in [0, 0.05) is 20.1 Å². The number of nitrogens with zero attached hydrogens (tertiary/aromatic N) is 1. The van der Waals surface area contributed by atoms with Gasteiger partial charge in [0.05, 0.1) is 0 Å². The van der Waals surface area contributed by atoms with Gasteiger partial charge in [0.25, 0.3) is 0 Å². The molecule has 0 aromatic heterocycles. The third kappa shape index (κ3) is 2.91. The van der Waals surface area contributed by atoms with Gasteiger partial charge in [-0.05, 0) is 25.8 Å². The Bertz CT molecular complexity index is 490. The van der Waals surface area contributed by atoms with Gasteiger partial charge in [0.2, 0.25) is 0 Å². The summed E-state index contributed by atoms with van der Waals surface area (Å²) in [6.07, 6.45) is 2.34. The Labute approximate surface area is 127 Å². The first-order valence-corrected chi connectivity index (χ1v) is 7.57. The number of carbonyl (C=O) groups is 1. The first kappa shape index (κ1) is 15.8. The Morgan fingerprint density at radius 1 is 1.24 bits per heavy atom. The van der Waals surface area contributed by atoms with Gasteiger partial charge in [-0.15, -0.1) is 0 Å². The number of carbonyl (C=O) groups excluding carboxylic acids is 1. The smallest absolute Gasteiger partial charge is 0.412 e. The van der Waals surface area contributed by atoms with E-state index in [-0.39, 0.29) is 6.09 Å². The van der Waals surface area contributed by atoms with Crippen LogP contribution in [-0.2, 0) is 15.9 Å². The average Bonchev–Trinajstić information content (AvgIpc) is 2.62. The van der Waals surface area contributed by atoms with Gasteiger partial charge in [0.1, 0.15) is 0 Å². The fourth-order valence-corrected chi connectivity index (χ4v) is 2.74. The van der Waals surface area contributed by atoms with Crippen molar-refractivity contribution in [2.45, 2.75) is 51.4 Å². The molecule has 0 spiro atoms. The lowest BCUT2D eigenvalue weighted by atomic mass is 9.86. The molecule has 2 atom stereocenters. The topological polar surface area (TPSA) is 38.8 Å². The zero-order chi connectivity index (χ0) is 15.5. The Morgan fingerprint density at radius 3 is 2.52 bits per heavy atom. The maximum atomic E-state index is 12.1. The predicted molar refractivity (Wildman–Crippen MR) is 82.1 cm³/mol. The van der Waals surface area contributed by atoms with Crippen molar-refractivity contribution in [1.82, 2.24) is 4.90 Å². The Hall–Kier alpha value is -1.55. The molecule has 1 amide bonds. The number of likely N-dealkylation sites (N-methyl/N-ethyl adjacent to an activating group) is 1. The number of hydrogen-bond donors (Lipinski definition) is 0. The van der Waals surface area contributed by atoms with Crippen LogP contribution in [0.1, 0.15) is 39.2 Å². The highest BCUT2D eigenvalue weighted by atomic mass is 16.6. The molecule has 0 radical (unpaired) electrons. The summed E-state index contributed by atoms with van der Waals surface area (Å²) < 4.78 is 11.8. The molecule has 1 aliphatic heterocycles. The van der Waals surface area contributed by atoms with Crippen molar-refractivity contribution in [2.75, 3.05) is 13.7 Å². The van der Waals surface area contributed by atoms with Crippen molar-refractivity contribution in [3.8, 4) is 0 Å². The molecule has 4 heteroatoms. The number of hydrogen-bond acceptors (Lipinski definition) is 3. The van der Waals surface area contributed by atoms with Crippen molar-refractivity contribution in [2.24, 2.45) is 0 Å². The van der Waals surface area contributed by atoms with E-state index < -0.39 is 11.3 Å². The van der Waals surface area contributed by atoms with Gasteiger partial charge >= 0.3 is 6.09 Å². The van der Waals surface area contributed by atoms with Gasteiger partial charge in [-0.2, -0.15) is 0 Å². The second-order valence-electron chi connectivity index (χ2n) is 6.01. The second kappa shape index (κ2) is 6.06. The summed E-state index contributed by atoms with van der Waals surface area (Å²) in [6, 6.07) is 10.1. The third-order valence-electron chi connectivity index (χ3n) is 4.47. The van der Waals surface area contributed by atoms with Crippen LogP contribution < -0.4 is 0 Å². The molecule has 0 N–H and O–H groups in total. The van der Waals surface area contributed by atoms with Crippen LogP contribution in [0.25, 0.3) is 0 Å². The molecular formula is C17H25NO3. The lowest BCUT2D eigenvalue weighted by Gasteiger charge is -2.40. The molecule has 1 aromatic rings. The molecule has 2 unspecified atom stereocenters. The molecule has 0 bridgehead atoms. The Morgan fingerprint density at radius 2 is 1.90 bits per heavy atom. The summed E-state index contributed by atoms with van der Waals surface area (Å²) in [5.74, 6) is 0. The van der Waals surface area contributed by atoms with Crippen LogP contribution in [0, 0.1) is 0 Å². The van der Waals surface area contributed by atoms with Crippen molar-refractivity contribution < 1.29 is 14.3 Å². The van der Waals surface area contributed by atoms with E-state index in [1.165, 1.54) is 0 Å². The van der Waals surface area contributed by atoms with Crippen LogP contribution in [-0.4, -0.2) is 36.0 Å². The summed E-state index contributed by atoms with van der Waals surface area (Å²) in [4.78, 5) is 13.6. The molecule has 1 aromatic carbocycles. The summed E-state index contributed by atoms with van der Waals surface area (Å²) in [5, 5.41) is 0. The maximum Gasteiger partial charge on any atom is 0.412 e. The largest absolute Gasteiger partial charge is 0.438 e. The molecular weight excluding hydrogens is 266 g/mol. The molecule has 21 heavy (non-hydrogen) atoms. The summed E-state index contributed by atoms with van der Waals surface area (Å²) in [7, 11) is 1.74. The fraction of sp³-hybridized carbons (Fsp3) is 0.588. The Balaban J connectivity index is 2.23. The summed E-state index contributed by atoms with van der Waals surface area (Å²) in [5.41, 5.74) is -0.323. The first-order valence-electron chi connectivity index (χ1n) is 7.57. The molecule has 1 saturated heterocycles. The lowest BCUT2D eigenvalue weighted by molar-refractivity contribution is -0.172. The van der Waals surface area contributed by atoms with Crippen LogP contribution in [0.3, 0.4) is 0 Å². The quantitative estimate of drug-likeness (QED) is 0.752. The first-order chi connectivity index (χ1) is 9.93. The van der Waals surface area contributed by atoms with E-state index in [1.54, 1.807) is 11.9 Å². The maximum absolute atomic E-state index is 12.1. The van der Waals surface area contributed by atoms with E-state index in [2.05, 4.69) is 6.92 Å². The number of ether oxygens (including phenoxy) is 2. The molecule has 1 fully saturated rings. The number of unbranched alkanes of at least 4 members (excludes halogenated alkanes) is 1. The van der Waals surface area contributed by atoms with Crippen LogP contribution in [0.4, 0.5) is 4.79 Å². The minimum Gasteiger partial charge on any atom is -0.438 e. The Kier molecular flexibility index (Phi) is 4.57. The standard InChI is InChI=1S/C17H25NO3/c1-5-6-12-20-17(3)16(2,21-15(19)18(17)4)13-14-10-8-7-9-11-14/h7-11H,5-6,12-13H2,1-4H3. The van der Waals surface area contributed by atoms with Crippen LogP contribution in [0.5, 0.6) is 0 Å². The van der Waals surface area contributed by atoms with Crippen LogP contribution >= 0.6 is 0 Å². The van der Waals surface area contributed by atoms with Gasteiger partial charge in [0.15, 0.2) is 11.3 Å². The number of cyclic esters (lactones) is 1. The normalized spacial score (nSPS) is 28.8. The van der Waals surface area contributed by atoms with Crippen molar-refractivity contribution in [3.63, 3.8) is 0 Å². The average molecular weight is 291 g/mol. The minimum absolute atomic E-state index is 0.326. The minimum atomic E-state index is -0.755. The monoisotopic (exact) mass is 291 g/mol. The molecule has 0 saturated carbocycles. The van der Waals surface area contributed by atoms with Gasteiger partial charge in [-0.25, -0.2) is 4.79 Å². The van der Waals surface area contributed by atoms with Gasteiger partial charge in [-0.1, -0.05) is 43.7 Å². The third-order valence-corrected chi connectivity index (χ3v) is 4.47. The molecule has 4 nitrogen and oxygen atoms in total. The van der Waals surface area contributed by atoms with E-state index in [0.29, 0.717) is 13.0 Å². The predicted octanol–water partition coefficient (Wildman–Crippen LogP) is 3.60. The molecule has 116 valence electrons. The van der Waals surface area contributed by atoms with Crippen molar-refractivity contribution in [1.29, 1.82) is 0 Å². The SMILES string of the molecule is CCCCOC1(C)N(C)C(=O)OC1(C)Cc1ccccc1. The van der Waals surface area contributed by atoms with Crippen molar-refractivity contribution >= 4 is 6.09 Å². The zero-order valence-electron chi connectivity index (χ0n) is 13.4. The van der Waals surface area contributed by atoms with Crippen LogP contribution in [0.2, 0.25) is 0 Å². The number of rotatable bonds is 6. The fourth-order valence-electron chi connectivity index (χ4n) is 2.74. The van der Waals surface area contributed by atoms with E-state index in [9.17, 15) is 4.79 Å². The van der Waals surface area contributed by atoms with Crippen molar-refractivity contribution in [3.05, 3.63) is 35.9 Å². The highest BCUT2D eigenvalue weighted by Crippen LogP contribution is 2.41. The molecule has 1 heterocycles. The van der Waals surface area contributed by atoms with E-state index in [1.807, 2.05) is 44.2 Å². The highest BCUT2D eigenvalue weighted by Gasteiger charge is 2.59.